The van der Waals surface area contributed by atoms with Gasteiger partial charge in [-0.05, 0) is 54.8 Å². The van der Waals surface area contributed by atoms with Gasteiger partial charge in [-0.25, -0.2) is 0 Å². The molecule has 0 saturated heterocycles. The SMILES string of the molecule is CCCCOCCCNCc1ccc(OCc2cccc(Cl)c2)c(OC)c1. The quantitative estimate of drug-likeness (QED) is 0.475. The van der Waals surface area contributed by atoms with Crippen molar-refractivity contribution in [2.45, 2.75) is 39.3 Å². The summed E-state index contributed by atoms with van der Waals surface area (Å²) in [5, 5.41) is 4.14. The fourth-order valence-corrected chi connectivity index (χ4v) is 2.82. The van der Waals surface area contributed by atoms with E-state index in [9.17, 15) is 0 Å². The number of hydrogen-bond acceptors (Lipinski definition) is 4. The van der Waals surface area contributed by atoms with E-state index in [1.54, 1.807) is 7.11 Å². The van der Waals surface area contributed by atoms with Crippen molar-refractivity contribution in [1.29, 1.82) is 0 Å². The van der Waals surface area contributed by atoms with Gasteiger partial charge in [0, 0.05) is 24.8 Å². The van der Waals surface area contributed by atoms with Crippen molar-refractivity contribution in [2.75, 3.05) is 26.9 Å². The maximum absolute atomic E-state index is 6.01. The van der Waals surface area contributed by atoms with Crippen LogP contribution in [0.3, 0.4) is 0 Å². The van der Waals surface area contributed by atoms with Crippen LogP contribution in [0.2, 0.25) is 5.02 Å². The summed E-state index contributed by atoms with van der Waals surface area (Å²) < 4.78 is 16.9. The van der Waals surface area contributed by atoms with Gasteiger partial charge in [0.25, 0.3) is 0 Å². The molecule has 5 heteroatoms. The predicted molar refractivity (Wildman–Crippen MR) is 111 cm³/mol. The second-order valence-electron chi connectivity index (χ2n) is 6.40. The van der Waals surface area contributed by atoms with Gasteiger partial charge in [0.05, 0.1) is 7.11 Å². The summed E-state index contributed by atoms with van der Waals surface area (Å²) in [6.45, 7) is 6.03. The van der Waals surface area contributed by atoms with E-state index in [4.69, 9.17) is 25.8 Å². The van der Waals surface area contributed by atoms with Crippen LogP contribution in [0, 0.1) is 0 Å². The van der Waals surface area contributed by atoms with Crippen LogP contribution in [-0.4, -0.2) is 26.9 Å². The van der Waals surface area contributed by atoms with E-state index in [-0.39, 0.29) is 0 Å². The molecule has 2 rings (SSSR count). The zero-order chi connectivity index (χ0) is 19.3. The van der Waals surface area contributed by atoms with E-state index >= 15 is 0 Å². The van der Waals surface area contributed by atoms with Gasteiger partial charge in [0.2, 0.25) is 0 Å². The molecule has 27 heavy (non-hydrogen) atoms. The number of rotatable bonds is 13. The van der Waals surface area contributed by atoms with Crippen LogP contribution in [0.1, 0.15) is 37.3 Å². The molecule has 0 aliphatic rings. The average Bonchev–Trinajstić information content (AvgIpc) is 2.69. The number of benzene rings is 2. The summed E-state index contributed by atoms with van der Waals surface area (Å²) in [6.07, 6.45) is 3.33. The Morgan fingerprint density at radius 1 is 0.963 bits per heavy atom. The van der Waals surface area contributed by atoms with Crippen molar-refractivity contribution < 1.29 is 14.2 Å². The number of unbranched alkanes of at least 4 members (excludes halogenated alkanes) is 1. The van der Waals surface area contributed by atoms with Crippen molar-refractivity contribution in [1.82, 2.24) is 5.32 Å². The van der Waals surface area contributed by atoms with Gasteiger partial charge in [-0.1, -0.05) is 43.1 Å². The molecule has 0 aliphatic carbocycles. The maximum Gasteiger partial charge on any atom is 0.161 e. The summed E-state index contributed by atoms with van der Waals surface area (Å²) >= 11 is 6.01. The van der Waals surface area contributed by atoms with Crippen molar-refractivity contribution in [2.24, 2.45) is 0 Å². The van der Waals surface area contributed by atoms with Crippen LogP contribution in [0.25, 0.3) is 0 Å². The van der Waals surface area contributed by atoms with Crippen molar-refractivity contribution in [3.63, 3.8) is 0 Å². The molecular formula is C22H30ClNO3. The molecule has 0 heterocycles. The second kappa shape index (κ2) is 12.6. The minimum absolute atomic E-state index is 0.451. The highest BCUT2D eigenvalue weighted by Gasteiger charge is 2.06. The molecule has 1 N–H and O–H groups in total. The normalized spacial score (nSPS) is 10.8. The van der Waals surface area contributed by atoms with Crippen molar-refractivity contribution in [3.8, 4) is 11.5 Å². The molecule has 148 valence electrons. The molecule has 2 aromatic carbocycles. The summed E-state index contributed by atoms with van der Waals surface area (Å²) in [6, 6.07) is 13.7. The van der Waals surface area contributed by atoms with Gasteiger partial charge in [-0.2, -0.15) is 0 Å². The molecule has 0 unspecified atom stereocenters. The fraction of sp³-hybridized carbons (Fsp3) is 0.455. The Bertz CT molecular complexity index is 678. The monoisotopic (exact) mass is 391 g/mol. The lowest BCUT2D eigenvalue weighted by atomic mass is 10.2. The van der Waals surface area contributed by atoms with Crippen LogP contribution in [0.5, 0.6) is 11.5 Å². The largest absolute Gasteiger partial charge is 0.493 e. The van der Waals surface area contributed by atoms with E-state index in [2.05, 4.69) is 18.3 Å². The third-order valence-electron chi connectivity index (χ3n) is 4.12. The zero-order valence-electron chi connectivity index (χ0n) is 16.3. The first-order valence-corrected chi connectivity index (χ1v) is 9.93. The lowest BCUT2D eigenvalue weighted by Gasteiger charge is -2.13. The molecule has 0 atom stereocenters. The Morgan fingerprint density at radius 3 is 2.59 bits per heavy atom. The molecule has 0 spiro atoms. The molecule has 0 fully saturated rings. The number of halogens is 1. The minimum Gasteiger partial charge on any atom is -0.493 e. The van der Waals surface area contributed by atoms with Gasteiger partial charge in [-0.15, -0.1) is 0 Å². The first kappa shape index (κ1) is 21.5. The lowest BCUT2D eigenvalue weighted by molar-refractivity contribution is 0.129. The standard InChI is InChI=1S/C22H30ClNO3/c1-3-4-12-26-13-6-11-24-16-18-9-10-21(22(15-18)25-2)27-17-19-7-5-8-20(23)14-19/h5,7-10,14-15,24H,3-4,6,11-13,16-17H2,1-2H3. The molecule has 2 aromatic rings. The fourth-order valence-electron chi connectivity index (χ4n) is 2.61. The molecule has 0 radical (unpaired) electrons. The third-order valence-corrected chi connectivity index (χ3v) is 4.36. The molecule has 0 bridgehead atoms. The van der Waals surface area contributed by atoms with Crippen LogP contribution in [-0.2, 0) is 17.9 Å². The smallest absolute Gasteiger partial charge is 0.161 e. The second-order valence-corrected chi connectivity index (χ2v) is 6.84. The Kier molecular flexibility index (Phi) is 10.1. The highest BCUT2D eigenvalue weighted by molar-refractivity contribution is 6.30. The van der Waals surface area contributed by atoms with E-state index in [0.717, 1.165) is 61.8 Å². The van der Waals surface area contributed by atoms with Gasteiger partial charge in [0.15, 0.2) is 11.5 Å². The summed E-state index contributed by atoms with van der Waals surface area (Å²) in [4.78, 5) is 0. The van der Waals surface area contributed by atoms with Crippen LogP contribution in [0.15, 0.2) is 42.5 Å². The maximum atomic E-state index is 6.01. The topological polar surface area (TPSA) is 39.7 Å². The summed E-state index contributed by atoms with van der Waals surface area (Å²) in [5.41, 5.74) is 2.19. The number of hydrogen-bond donors (Lipinski definition) is 1. The molecular weight excluding hydrogens is 362 g/mol. The first-order chi connectivity index (χ1) is 13.2. The van der Waals surface area contributed by atoms with Crippen LogP contribution >= 0.6 is 11.6 Å². The van der Waals surface area contributed by atoms with E-state index < -0.39 is 0 Å². The first-order valence-electron chi connectivity index (χ1n) is 9.55. The highest BCUT2D eigenvalue weighted by atomic mass is 35.5. The zero-order valence-corrected chi connectivity index (χ0v) is 17.1. The van der Waals surface area contributed by atoms with E-state index in [0.29, 0.717) is 11.6 Å². The Labute approximate surface area is 167 Å². The molecule has 0 aliphatic heterocycles. The molecule has 0 amide bonds. The van der Waals surface area contributed by atoms with E-state index in [1.165, 1.54) is 6.42 Å². The molecule has 0 saturated carbocycles. The highest BCUT2D eigenvalue weighted by Crippen LogP contribution is 2.29. The van der Waals surface area contributed by atoms with Crippen molar-refractivity contribution >= 4 is 11.6 Å². The number of ether oxygens (including phenoxy) is 3. The molecule has 0 aromatic heterocycles. The van der Waals surface area contributed by atoms with Crippen LogP contribution in [0.4, 0.5) is 0 Å². The summed E-state index contributed by atoms with van der Waals surface area (Å²) in [7, 11) is 1.66. The minimum atomic E-state index is 0.451. The van der Waals surface area contributed by atoms with Gasteiger partial charge in [0.1, 0.15) is 6.61 Å². The Balaban J connectivity index is 1.76. The number of methoxy groups -OCH3 is 1. The average molecular weight is 392 g/mol. The Hall–Kier alpha value is -1.75. The van der Waals surface area contributed by atoms with Gasteiger partial charge < -0.3 is 19.5 Å². The molecule has 4 nitrogen and oxygen atoms in total. The van der Waals surface area contributed by atoms with Crippen LogP contribution < -0.4 is 14.8 Å². The Morgan fingerprint density at radius 2 is 1.81 bits per heavy atom. The number of nitrogens with one attached hydrogen (secondary N) is 1. The summed E-state index contributed by atoms with van der Waals surface area (Å²) in [5.74, 6) is 1.46. The van der Waals surface area contributed by atoms with Gasteiger partial charge >= 0.3 is 0 Å². The van der Waals surface area contributed by atoms with Crippen molar-refractivity contribution in [3.05, 3.63) is 58.6 Å². The van der Waals surface area contributed by atoms with Gasteiger partial charge in [-0.3, -0.25) is 0 Å². The predicted octanol–water partition coefficient (Wildman–Crippen LogP) is 5.22. The third kappa shape index (κ3) is 8.21. The van der Waals surface area contributed by atoms with E-state index in [1.807, 2.05) is 36.4 Å². The lowest BCUT2D eigenvalue weighted by Crippen LogP contribution is -2.16.